The lowest BCUT2D eigenvalue weighted by Crippen LogP contribution is -2.55. The standard InChI is InChI=1S/C16H18N4O2S/c1-8-13-10(4-6-17-8)20(15(21)18-13)16-19-14-9-5-7-22-11(9)2-3-12(14)23-16/h2-3,8,10,13,17H,4-7H2,1H3,(H,18,21)/t8-,10-,13+/m0/s1. The Hall–Kier alpha value is -1.86. The molecule has 2 aromatic rings. The Kier molecular flexibility index (Phi) is 2.84. The first-order valence-corrected chi connectivity index (χ1v) is 8.92. The molecule has 1 aromatic carbocycles. The summed E-state index contributed by atoms with van der Waals surface area (Å²) in [6, 6.07) is 4.67. The van der Waals surface area contributed by atoms with Gasteiger partial charge in [-0.15, -0.1) is 0 Å². The van der Waals surface area contributed by atoms with E-state index in [-0.39, 0.29) is 24.2 Å². The number of carbonyl (C=O) groups excluding carboxylic acids is 1. The second-order valence-electron chi connectivity index (χ2n) is 6.43. The largest absolute Gasteiger partial charge is 0.493 e. The summed E-state index contributed by atoms with van der Waals surface area (Å²) in [7, 11) is 0. The fourth-order valence-electron chi connectivity index (χ4n) is 3.96. The number of thiazole rings is 1. The Bertz CT molecular complexity index is 805. The number of ether oxygens (including phenoxy) is 1. The fourth-order valence-corrected chi connectivity index (χ4v) is 5.01. The van der Waals surface area contributed by atoms with Crippen LogP contribution in [0.25, 0.3) is 10.2 Å². The van der Waals surface area contributed by atoms with Gasteiger partial charge in [0.05, 0.1) is 28.9 Å². The van der Waals surface area contributed by atoms with E-state index in [1.807, 2.05) is 11.0 Å². The number of anilines is 1. The summed E-state index contributed by atoms with van der Waals surface area (Å²) in [4.78, 5) is 19.2. The van der Waals surface area contributed by atoms with Gasteiger partial charge in [-0.1, -0.05) is 11.3 Å². The van der Waals surface area contributed by atoms with Crippen molar-refractivity contribution in [2.45, 2.75) is 37.9 Å². The van der Waals surface area contributed by atoms with E-state index in [1.165, 1.54) is 5.56 Å². The number of nitrogens with zero attached hydrogens (tertiary/aromatic N) is 2. The molecule has 1 aromatic heterocycles. The van der Waals surface area contributed by atoms with Crippen molar-refractivity contribution in [3.63, 3.8) is 0 Å². The van der Waals surface area contributed by atoms with Gasteiger partial charge in [-0.3, -0.25) is 4.90 Å². The minimum Gasteiger partial charge on any atom is -0.493 e. The number of aromatic nitrogens is 1. The topological polar surface area (TPSA) is 66.5 Å². The van der Waals surface area contributed by atoms with Gasteiger partial charge in [-0.25, -0.2) is 9.78 Å². The summed E-state index contributed by atoms with van der Waals surface area (Å²) in [6.07, 6.45) is 1.85. The first-order chi connectivity index (χ1) is 11.2. The minimum absolute atomic E-state index is 0.0255. The van der Waals surface area contributed by atoms with Gasteiger partial charge < -0.3 is 15.4 Å². The number of piperidine rings is 1. The van der Waals surface area contributed by atoms with Gasteiger partial charge in [0.15, 0.2) is 5.13 Å². The van der Waals surface area contributed by atoms with Crippen LogP contribution in [0.5, 0.6) is 5.75 Å². The predicted molar refractivity (Wildman–Crippen MR) is 89.5 cm³/mol. The van der Waals surface area contributed by atoms with E-state index in [9.17, 15) is 4.79 Å². The van der Waals surface area contributed by atoms with Crippen molar-refractivity contribution in [2.75, 3.05) is 18.1 Å². The smallest absolute Gasteiger partial charge is 0.324 e. The number of carbonyl (C=O) groups is 1. The number of amides is 2. The van der Waals surface area contributed by atoms with Crippen molar-refractivity contribution in [1.82, 2.24) is 15.6 Å². The Morgan fingerprint density at radius 1 is 1.43 bits per heavy atom. The summed E-state index contributed by atoms with van der Waals surface area (Å²) in [6.45, 7) is 3.78. The summed E-state index contributed by atoms with van der Waals surface area (Å²) in [5.41, 5.74) is 2.18. The third kappa shape index (κ3) is 1.89. The number of nitrogens with one attached hydrogen (secondary N) is 2. The molecule has 120 valence electrons. The Morgan fingerprint density at radius 3 is 3.26 bits per heavy atom. The molecule has 3 aliphatic heterocycles. The average Bonchev–Trinajstić information content (AvgIpc) is 3.21. The lowest BCUT2D eigenvalue weighted by molar-refractivity contribution is 0.249. The van der Waals surface area contributed by atoms with Crippen molar-refractivity contribution in [3.8, 4) is 5.75 Å². The van der Waals surface area contributed by atoms with Gasteiger partial charge >= 0.3 is 6.03 Å². The molecular weight excluding hydrogens is 312 g/mol. The molecule has 6 nitrogen and oxygen atoms in total. The first kappa shape index (κ1) is 13.6. The van der Waals surface area contributed by atoms with Gasteiger partial charge in [0.25, 0.3) is 0 Å². The number of rotatable bonds is 1. The zero-order valence-corrected chi connectivity index (χ0v) is 13.7. The average molecular weight is 330 g/mol. The molecule has 0 bridgehead atoms. The quantitative estimate of drug-likeness (QED) is 0.838. The molecule has 0 aliphatic carbocycles. The molecular formula is C16H18N4O2S. The third-order valence-corrected chi connectivity index (χ3v) is 6.15. The van der Waals surface area contributed by atoms with Crippen LogP contribution in [-0.4, -0.2) is 42.3 Å². The Labute approximate surface area is 137 Å². The molecule has 7 heteroatoms. The molecule has 5 rings (SSSR count). The van der Waals surface area contributed by atoms with Crippen molar-refractivity contribution in [1.29, 1.82) is 0 Å². The van der Waals surface area contributed by atoms with Crippen LogP contribution in [0.1, 0.15) is 18.9 Å². The zero-order valence-electron chi connectivity index (χ0n) is 12.8. The van der Waals surface area contributed by atoms with Crippen LogP contribution >= 0.6 is 11.3 Å². The summed E-state index contributed by atoms with van der Waals surface area (Å²) in [5, 5.41) is 7.35. The highest BCUT2D eigenvalue weighted by atomic mass is 32.1. The van der Waals surface area contributed by atoms with Crippen molar-refractivity contribution >= 4 is 32.7 Å². The summed E-state index contributed by atoms with van der Waals surface area (Å²) < 4.78 is 6.75. The van der Waals surface area contributed by atoms with Crippen LogP contribution in [-0.2, 0) is 6.42 Å². The zero-order chi connectivity index (χ0) is 15.6. The maximum atomic E-state index is 12.5. The van der Waals surface area contributed by atoms with Gasteiger partial charge in [0, 0.05) is 18.0 Å². The summed E-state index contributed by atoms with van der Waals surface area (Å²) in [5.74, 6) is 0.939. The maximum absolute atomic E-state index is 12.5. The van der Waals surface area contributed by atoms with E-state index in [0.29, 0.717) is 0 Å². The second-order valence-corrected chi connectivity index (χ2v) is 7.44. The maximum Gasteiger partial charge on any atom is 0.324 e. The van der Waals surface area contributed by atoms with Crippen molar-refractivity contribution < 1.29 is 9.53 Å². The van der Waals surface area contributed by atoms with Gasteiger partial charge in [-0.05, 0) is 32.0 Å². The highest BCUT2D eigenvalue weighted by molar-refractivity contribution is 7.22. The molecule has 3 aliphatic rings. The normalized spacial score (nSPS) is 29.3. The molecule has 3 atom stereocenters. The molecule has 0 unspecified atom stereocenters. The van der Waals surface area contributed by atoms with Crippen molar-refractivity contribution in [3.05, 3.63) is 17.7 Å². The molecule has 4 heterocycles. The summed E-state index contributed by atoms with van der Waals surface area (Å²) >= 11 is 1.60. The second kappa shape index (κ2) is 4.82. The van der Waals surface area contributed by atoms with E-state index >= 15 is 0 Å². The van der Waals surface area contributed by atoms with E-state index in [2.05, 4.69) is 23.6 Å². The van der Waals surface area contributed by atoms with E-state index in [0.717, 1.165) is 47.1 Å². The predicted octanol–water partition coefficient (Wildman–Crippen LogP) is 1.88. The third-order valence-electron chi connectivity index (χ3n) is 5.13. The first-order valence-electron chi connectivity index (χ1n) is 8.11. The van der Waals surface area contributed by atoms with Crippen LogP contribution in [0.15, 0.2) is 12.1 Å². The highest BCUT2D eigenvalue weighted by Gasteiger charge is 2.45. The molecule has 2 N–H and O–H groups in total. The van der Waals surface area contributed by atoms with Crippen LogP contribution in [0, 0.1) is 0 Å². The molecule has 2 amide bonds. The Morgan fingerprint density at radius 2 is 2.35 bits per heavy atom. The lowest BCUT2D eigenvalue weighted by Gasteiger charge is -2.33. The lowest BCUT2D eigenvalue weighted by atomic mass is 9.95. The minimum atomic E-state index is -0.0255. The van der Waals surface area contributed by atoms with E-state index in [1.54, 1.807) is 11.3 Å². The highest BCUT2D eigenvalue weighted by Crippen LogP contribution is 2.39. The van der Waals surface area contributed by atoms with Gasteiger partial charge in [0.2, 0.25) is 0 Å². The van der Waals surface area contributed by atoms with Gasteiger partial charge in [-0.2, -0.15) is 0 Å². The molecule has 2 fully saturated rings. The van der Waals surface area contributed by atoms with Crippen LogP contribution < -0.4 is 20.3 Å². The van der Waals surface area contributed by atoms with Crippen LogP contribution in [0.4, 0.5) is 9.93 Å². The van der Waals surface area contributed by atoms with Crippen LogP contribution in [0.3, 0.4) is 0 Å². The monoisotopic (exact) mass is 330 g/mol. The number of urea groups is 1. The van der Waals surface area contributed by atoms with Crippen LogP contribution in [0.2, 0.25) is 0 Å². The van der Waals surface area contributed by atoms with E-state index < -0.39 is 0 Å². The molecule has 23 heavy (non-hydrogen) atoms. The number of fused-ring (bicyclic) bond motifs is 4. The van der Waals surface area contributed by atoms with E-state index in [4.69, 9.17) is 9.72 Å². The van der Waals surface area contributed by atoms with Crippen molar-refractivity contribution in [2.24, 2.45) is 0 Å². The number of hydrogen-bond acceptors (Lipinski definition) is 5. The molecule has 0 spiro atoms. The fraction of sp³-hybridized carbons (Fsp3) is 0.500. The Balaban J connectivity index is 1.59. The number of hydrogen-bond donors (Lipinski definition) is 2. The molecule has 0 radical (unpaired) electrons. The van der Waals surface area contributed by atoms with Gasteiger partial charge in [0.1, 0.15) is 5.75 Å². The SMILES string of the molecule is C[C@@H]1NCC[C@H]2[C@@H]1NC(=O)N2c1nc2c3c(ccc2s1)OCC3. The molecule has 0 saturated carbocycles. The number of benzene rings is 1. The molecule has 2 saturated heterocycles.